The number of esters is 1. The van der Waals surface area contributed by atoms with Crippen molar-refractivity contribution in [2.24, 2.45) is 11.8 Å². The zero-order valence-corrected chi connectivity index (χ0v) is 16.8. The molecular formula is C19H33NO6. The lowest BCUT2D eigenvalue weighted by molar-refractivity contribution is -0.157. The molecule has 0 bridgehead atoms. The quantitative estimate of drug-likeness (QED) is 0.463. The van der Waals surface area contributed by atoms with Crippen LogP contribution in [0, 0.1) is 11.8 Å². The number of carbonyl (C=O) groups excluding carboxylic acids is 3. The average molecular weight is 371 g/mol. The third-order valence-corrected chi connectivity index (χ3v) is 4.67. The van der Waals surface area contributed by atoms with Gasteiger partial charge >= 0.3 is 5.97 Å². The number of hydrogen-bond acceptors (Lipinski definition) is 6. The molecule has 0 aromatic carbocycles. The Labute approximate surface area is 156 Å². The third-order valence-electron chi connectivity index (χ3n) is 4.67. The molecule has 1 heterocycles. The summed E-state index contributed by atoms with van der Waals surface area (Å²) >= 11 is 0. The molecule has 0 aromatic heterocycles. The van der Waals surface area contributed by atoms with Gasteiger partial charge < -0.3 is 19.5 Å². The molecule has 7 heteroatoms. The van der Waals surface area contributed by atoms with E-state index in [4.69, 9.17) is 9.47 Å². The Balaban J connectivity index is 2.81. The molecule has 3 unspecified atom stereocenters. The first-order chi connectivity index (χ1) is 12.0. The predicted octanol–water partition coefficient (Wildman–Crippen LogP) is 1.56. The Kier molecular flexibility index (Phi) is 8.21. The van der Waals surface area contributed by atoms with Gasteiger partial charge in [0.05, 0.1) is 12.7 Å². The van der Waals surface area contributed by atoms with Crippen LogP contribution in [0.25, 0.3) is 0 Å². The van der Waals surface area contributed by atoms with Crippen molar-refractivity contribution >= 4 is 17.7 Å². The number of nitrogens with zero attached hydrogens (tertiary/aromatic N) is 1. The number of Topliss-reactive ketones (excluding diaryl/α,β-unsaturated/α-hetero) is 1. The van der Waals surface area contributed by atoms with Gasteiger partial charge in [0.15, 0.2) is 5.78 Å². The van der Waals surface area contributed by atoms with Crippen LogP contribution in [0.3, 0.4) is 0 Å². The SMILES string of the molecule is CCC(C)C(C(=O)OCCOC(C)C)N1CC(C(=O)C(C)(C)O)CC1=O. The van der Waals surface area contributed by atoms with E-state index in [1.54, 1.807) is 0 Å². The first-order valence-electron chi connectivity index (χ1n) is 9.33. The lowest BCUT2D eigenvalue weighted by Gasteiger charge is -2.31. The molecule has 150 valence electrons. The van der Waals surface area contributed by atoms with E-state index in [0.717, 1.165) is 0 Å². The molecule has 26 heavy (non-hydrogen) atoms. The number of ketones is 1. The van der Waals surface area contributed by atoms with Gasteiger partial charge in [-0.2, -0.15) is 0 Å². The highest BCUT2D eigenvalue weighted by Gasteiger charge is 2.45. The topological polar surface area (TPSA) is 93.1 Å². The summed E-state index contributed by atoms with van der Waals surface area (Å²) in [6.45, 7) is 11.0. The van der Waals surface area contributed by atoms with E-state index in [9.17, 15) is 19.5 Å². The van der Waals surface area contributed by atoms with Crippen LogP contribution in [0.2, 0.25) is 0 Å². The van der Waals surface area contributed by atoms with E-state index in [2.05, 4.69) is 0 Å². The summed E-state index contributed by atoms with van der Waals surface area (Å²) in [5, 5.41) is 9.93. The van der Waals surface area contributed by atoms with Gasteiger partial charge in [-0.1, -0.05) is 20.3 Å². The standard InChI is InChI=1S/C19H33NO6/c1-7-13(4)16(18(23)26-9-8-25-12(2)3)20-11-14(10-15(20)21)17(22)19(5,6)24/h12-14,16,24H,7-11H2,1-6H3. The molecule has 7 nitrogen and oxygen atoms in total. The van der Waals surface area contributed by atoms with Gasteiger partial charge in [-0.05, 0) is 33.6 Å². The Morgan fingerprint density at radius 3 is 2.38 bits per heavy atom. The maximum atomic E-state index is 12.6. The normalized spacial score (nSPS) is 20.4. The zero-order valence-electron chi connectivity index (χ0n) is 16.8. The van der Waals surface area contributed by atoms with Crippen molar-refractivity contribution in [3.63, 3.8) is 0 Å². The molecule has 1 amide bonds. The first kappa shape index (κ1) is 22.6. The summed E-state index contributed by atoms with van der Waals surface area (Å²) in [4.78, 5) is 38.8. The average Bonchev–Trinajstić information content (AvgIpc) is 2.91. The van der Waals surface area contributed by atoms with Gasteiger partial charge in [0.2, 0.25) is 5.91 Å². The minimum Gasteiger partial charge on any atom is -0.462 e. The highest BCUT2D eigenvalue weighted by molar-refractivity contribution is 5.96. The van der Waals surface area contributed by atoms with Crippen molar-refractivity contribution in [3.8, 4) is 0 Å². The molecule has 1 aliphatic heterocycles. The fourth-order valence-corrected chi connectivity index (χ4v) is 3.08. The number of carbonyl (C=O) groups is 3. The van der Waals surface area contributed by atoms with Gasteiger partial charge in [0.1, 0.15) is 18.2 Å². The van der Waals surface area contributed by atoms with Crippen molar-refractivity contribution in [1.29, 1.82) is 0 Å². The number of amides is 1. The smallest absolute Gasteiger partial charge is 0.329 e. The zero-order chi connectivity index (χ0) is 20.1. The van der Waals surface area contributed by atoms with Crippen molar-refractivity contribution < 1.29 is 29.0 Å². The molecule has 0 spiro atoms. The van der Waals surface area contributed by atoms with Crippen LogP contribution in [-0.2, 0) is 23.9 Å². The number of hydrogen-bond donors (Lipinski definition) is 1. The lowest BCUT2D eigenvalue weighted by Crippen LogP contribution is -2.48. The first-order valence-corrected chi connectivity index (χ1v) is 9.33. The van der Waals surface area contributed by atoms with Crippen LogP contribution in [0.1, 0.15) is 54.4 Å². The molecule has 1 saturated heterocycles. The summed E-state index contributed by atoms with van der Waals surface area (Å²) < 4.78 is 10.7. The Morgan fingerprint density at radius 2 is 1.88 bits per heavy atom. The maximum absolute atomic E-state index is 12.6. The Morgan fingerprint density at radius 1 is 1.27 bits per heavy atom. The van der Waals surface area contributed by atoms with Crippen molar-refractivity contribution in [3.05, 3.63) is 0 Å². The Bertz CT molecular complexity index is 511. The monoisotopic (exact) mass is 371 g/mol. The van der Waals surface area contributed by atoms with E-state index in [1.165, 1.54) is 18.7 Å². The molecule has 0 aliphatic carbocycles. The molecule has 0 saturated carbocycles. The molecule has 0 radical (unpaired) electrons. The fraction of sp³-hybridized carbons (Fsp3) is 0.842. The second-order valence-electron chi connectivity index (χ2n) is 7.79. The van der Waals surface area contributed by atoms with E-state index in [1.807, 2.05) is 27.7 Å². The molecule has 1 N–H and O–H groups in total. The molecule has 0 aromatic rings. The van der Waals surface area contributed by atoms with Gasteiger partial charge in [0.25, 0.3) is 0 Å². The largest absolute Gasteiger partial charge is 0.462 e. The van der Waals surface area contributed by atoms with E-state index in [-0.39, 0.29) is 43.3 Å². The van der Waals surface area contributed by atoms with Crippen LogP contribution in [0.4, 0.5) is 0 Å². The second-order valence-corrected chi connectivity index (χ2v) is 7.79. The number of likely N-dealkylation sites (tertiary alicyclic amines) is 1. The van der Waals surface area contributed by atoms with Crippen LogP contribution >= 0.6 is 0 Å². The fourth-order valence-electron chi connectivity index (χ4n) is 3.08. The molecule has 1 rings (SSSR count). The molecule has 1 fully saturated rings. The number of aliphatic hydroxyl groups is 1. The lowest BCUT2D eigenvalue weighted by atomic mass is 9.91. The summed E-state index contributed by atoms with van der Waals surface area (Å²) in [5.74, 6) is -1.82. The minimum absolute atomic E-state index is 0.0134. The highest BCUT2D eigenvalue weighted by Crippen LogP contribution is 2.28. The van der Waals surface area contributed by atoms with Crippen LogP contribution in [0.15, 0.2) is 0 Å². The van der Waals surface area contributed by atoms with Gasteiger partial charge in [-0.15, -0.1) is 0 Å². The van der Waals surface area contributed by atoms with Crippen LogP contribution in [-0.4, -0.2) is 65.2 Å². The van der Waals surface area contributed by atoms with Gasteiger partial charge in [0, 0.05) is 18.9 Å². The second kappa shape index (κ2) is 9.46. The number of ether oxygens (including phenoxy) is 2. The third kappa shape index (κ3) is 6.06. The van der Waals surface area contributed by atoms with Crippen molar-refractivity contribution in [1.82, 2.24) is 4.90 Å². The van der Waals surface area contributed by atoms with Crippen LogP contribution < -0.4 is 0 Å². The van der Waals surface area contributed by atoms with Gasteiger partial charge in [-0.25, -0.2) is 4.79 Å². The van der Waals surface area contributed by atoms with Gasteiger partial charge in [-0.3, -0.25) is 9.59 Å². The molecule has 1 aliphatic rings. The molecule has 3 atom stereocenters. The van der Waals surface area contributed by atoms with Crippen molar-refractivity contribution in [2.75, 3.05) is 19.8 Å². The number of rotatable bonds is 10. The summed E-state index contributed by atoms with van der Waals surface area (Å²) in [6.07, 6.45) is 0.753. The summed E-state index contributed by atoms with van der Waals surface area (Å²) in [7, 11) is 0. The van der Waals surface area contributed by atoms with E-state index < -0.39 is 23.5 Å². The Hall–Kier alpha value is -1.47. The highest BCUT2D eigenvalue weighted by atomic mass is 16.6. The minimum atomic E-state index is -1.50. The summed E-state index contributed by atoms with van der Waals surface area (Å²) in [6, 6.07) is -0.730. The van der Waals surface area contributed by atoms with Crippen molar-refractivity contribution in [2.45, 2.75) is 72.1 Å². The van der Waals surface area contributed by atoms with Crippen LogP contribution in [0.5, 0.6) is 0 Å². The van der Waals surface area contributed by atoms with E-state index >= 15 is 0 Å². The molecular weight excluding hydrogens is 338 g/mol. The van der Waals surface area contributed by atoms with E-state index in [0.29, 0.717) is 13.0 Å². The predicted molar refractivity (Wildman–Crippen MR) is 96.4 cm³/mol. The summed E-state index contributed by atoms with van der Waals surface area (Å²) in [5.41, 5.74) is -1.50. The maximum Gasteiger partial charge on any atom is 0.329 e.